The van der Waals surface area contributed by atoms with E-state index < -0.39 is 0 Å². The standard InChI is InChI=1S/C29H20N4S2/c1-3-7-26-24(5-1)32-28(34-26)18-30-22-13-9-20(10-14-22)17-21-11-15-23(16-12-21)31-19-29-33-25-6-2-4-8-27(25)35-29/h1-16,18-19H,17H2. The van der Waals surface area contributed by atoms with Crippen LogP contribution in [-0.2, 0) is 6.42 Å². The van der Waals surface area contributed by atoms with Crippen molar-refractivity contribution >= 4 is 66.9 Å². The van der Waals surface area contributed by atoms with Crippen molar-refractivity contribution < 1.29 is 0 Å². The van der Waals surface area contributed by atoms with E-state index in [2.05, 4.69) is 80.6 Å². The molecule has 2 heterocycles. The highest BCUT2D eigenvalue weighted by atomic mass is 32.1. The van der Waals surface area contributed by atoms with E-state index in [1.165, 1.54) is 20.5 Å². The summed E-state index contributed by atoms with van der Waals surface area (Å²) in [6.45, 7) is 0. The molecule has 168 valence electrons. The molecule has 0 N–H and O–H groups in total. The third-order valence-electron chi connectivity index (χ3n) is 5.55. The van der Waals surface area contributed by atoms with Gasteiger partial charge >= 0.3 is 0 Å². The maximum Gasteiger partial charge on any atom is 0.135 e. The van der Waals surface area contributed by atoms with Crippen LogP contribution in [0.2, 0.25) is 0 Å². The van der Waals surface area contributed by atoms with Gasteiger partial charge in [0, 0.05) is 0 Å². The number of rotatable bonds is 6. The molecule has 6 aromatic rings. The molecule has 6 rings (SSSR count). The Bertz CT molecular complexity index is 1470. The molecule has 0 aliphatic carbocycles. The molecule has 0 bridgehead atoms. The second-order valence-electron chi connectivity index (χ2n) is 8.07. The van der Waals surface area contributed by atoms with Gasteiger partial charge in [-0.2, -0.15) is 0 Å². The average molecular weight is 489 g/mol. The molecule has 0 spiro atoms. The Hall–Kier alpha value is -4.00. The zero-order chi connectivity index (χ0) is 23.5. The fraction of sp³-hybridized carbons (Fsp3) is 0.0345. The molecule has 4 nitrogen and oxygen atoms in total. The minimum absolute atomic E-state index is 0.865. The molecule has 4 aromatic carbocycles. The van der Waals surface area contributed by atoms with Crippen LogP contribution in [0.3, 0.4) is 0 Å². The first-order valence-electron chi connectivity index (χ1n) is 11.3. The van der Waals surface area contributed by atoms with Crippen LogP contribution in [0.15, 0.2) is 107 Å². The lowest BCUT2D eigenvalue weighted by molar-refractivity contribution is 1.19. The fourth-order valence-electron chi connectivity index (χ4n) is 3.79. The fourth-order valence-corrected chi connectivity index (χ4v) is 5.46. The van der Waals surface area contributed by atoms with Crippen LogP contribution in [0.25, 0.3) is 20.4 Å². The number of fused-ring (bicyclic) bond motifs is 2. The molecule has 0 atom stereocenters. The van der Waals surface area contributed by atoms with Gasteiger partial charge in [0.1, 0.15) is 10.0 Å². The highest BCUT2D eigenvalue weighted by molar-refractivity contribution is 7.20. The molecule has 0 aliphatic rings. The third kappa shape index (κ3) is 5.09. The number of hydrogen-bond acceptors (Lipinski definition) is 6. The summed E-state index contributed by atoms with van der Waals surface area (Å²) in [6.07, 6.45) is 4.55. The minimum Gasteiger partial charge on any atom is -0.254 e. The second kappa shape index (κ2) is 9.70. The second-order valence-corrected chi connectivity index (χ2v) is 10.2. The van der Waals surface area contributed by atoms with Gasteiger partial charge in [0.05, 0.1) is 44.2 Å². The Morgan fingerprint density at radius 3 is 1.40 bits per heavy atom. The minimum atomic E-state index is 0.865. The zero-order valence-electron chi connectivity index (χ0n) is 18.7. The molecule has 0 unspecified atom stereocenters. The number of hydrogen-bond donors (Lipinski definition) is 0. The van der Waals surface area contributed by atoms with Gasteiger partial charge in [-0.1, -0.05) is 48.5 Å². The van der Waals surface area contributed by atoms with Crippen LogP contribution >= 0.6 is 22.7 Å². The summed E-state index contributed by atoms with van der Waals surface area (Å²) in [7, 11) is 0. The summed E-state index contributed by atoms with van der Waals surface area (Å²) in [5.41, 5.74) is 6.37. The van der Waals surface area contributed by atoms with Crippen LogP contribution in [0.4, 0.5) is 11.4 Å². The largest absolute Gasteiger partial charge is 0.254 e. The van der Waals surface area contributed by atoms with Crippen LogP contribution in [0.5, 0.6) is 0 Å². The monoisotopic (exact) mass is 488 g/mol. The predicted octanol–water partition coefficient (Wildman–Crippen LogP) is 8.00. The lowest BCUT2D eigenvalue weighted by Crippen LogP contribution is -1.87. The van der Waals surface area contributed by atoms with Gasteiger partial charge < -0.3 is 0 Å². The molecular weight excluding hydrogens is 468 g/mol. The quantitative estimate of drug-likeness (QED) is 0.223. The van der Waals surface area contributed by atoms with Gasteiger partial charge in [-0.25, -0.2) is 9.97 Å². The lowest BCUT2D eigenvalue weighted by Gasteiger charge is -2.03. The van der Waals surface area contributed by atoms with E-state index in [0.717, 1.165) is 38.8 Å². The predicted molar refractivity (Wildman–Crippen MR) is 149 cm³/mol. The first kappa shape index (κ1) is 21.5. The summed E-state index contributed by atoms with van der Waals surface area (Å²) in [5, 5.41) is 1.84. The number of benzene rings is 4. The zero-order valence-corrected chi connectivity index (χ0v) is 20.3. The Balaban J connectivity index is 1.08. The lowest BCUT2D eigenvalue weighted by atomic mass is 10.0. The molecule has 0 saturated carbocycles. The maximum atomic E-state index is 4.60. The Labute approximate surface area is 211 Å². The molecule has 0 amide bonds. The Kier molecular flexibility index (Phi) is 5.97. The van der Waals surface area contributed by atoms with Crippen molar-refractivity contribution in [2.45, 2.75) is 6.42 Å². The van der Waals surface area contributed by atoms with Gasteiger partial charge in [-0.05, 0) is 66.1 Å². The Morgan fingerprint density at radius 2 is 0.971 bits per heavy atom. The molecule has 0 saturated heterocycles. The van der Waals surface area contributed by atoms with Crippen molar-refractivity contribution in [3.05, 3.63) is 118 Å². The summed E-state index contributed by atoms with van der Waals surface area (Å²) in [4.78, 5) is 18.4. The molecule has 0 fully saturated rings. The van der Waals surface area contributed by atoms with Crippen LogP contribution in [0.1, 0.15) is 21.1 Å². The molecular formula is C29H20N4S2. The number of aliphatic imine (C=N–C) groups is 2. The van der Waals surface area contributed by atoms with E-state index in [1.54, 1.807) is 22.7 Å². The van der Waals surface area contributed by atoms with Gasteiger partial charge in [0.2, 0.25) is 0 Å². The van der Waals surface area contributed by atoms with E-state index >= 15 is 0 Å². The van der Waals surface area contributed by atoms with Crippen LogP contribution < -0.4 is 0 Å². The van der Waals surface area contributed by atoms with Crippen molar-refractivity contribution in [3.8, 4) is 0 Å². The first-order chi connectivity index (χ1) is 17.3. The summed E-state index contributed by atoms with van der Waals surface area (Å²) in [6, 6.07) is 33.0. The van der Waals surface area contributed by atoms with Gasteiger partial charge in [-0.3, -0.25) is 9.98 Å². The SMILES string of the molecule is C(=Nc1ccc(Cc2ccc(N=Cc3nc4ccccc4s3)cc2)cc1)c1nc2ccccc2s1. The number of nitrogens with zero attached hydrogens (tertiary/aromatic N) is 4. The number of thiazole rings is 2. The van der Waals surface area contributed by atoms with Crippen molar-refractivity contribution in [1.82, 2.24) is 9.97 Å². The number of aromatic nitrogens is 2. The summed E-state index contributed by atoms with van der Waals surface area (Å²) in [5.74, 6) is 0. The molecule has 0 aliphatic heterocycles. The Morgan fingerprint density at radius 1 is 0.543 bits per heavy atom. The normalized spacial score (nSPS) is 11.9. The van der Waals surface area contributed by atoms with E-state index in [-0.39, 0.29) is 0 Å². The smallest absolute Gasteiger partial charge is 0.135 e. The van der Waals surface area contributed by atoms with Crippen molar-refractivity contribution in [2.24, 2.45) is 9.98 Å². The van der Waals surface area contributed by atoms with Crippen molar-refractivity contribution in [3.63, 3.8) is 0 Å². The molecule has 6 heteroatoms. The maximum absolute atomic E-state index is 4.60. The van der Waals surface area contributed by atoms with E-state index in [0.29, 0.717) is 0 Å². The molecule has 2 aromatic heterocycles. The topological polar surface area (TPSA) is 50.5 Å². The van der Waals surface area contributed by atoms with Crippen molar-refractivity contribution in [1.29, 1.82) is 0 Å². The van der Waals surface area contributed by atoms with Crippen LogP contribution in [-0.4, -0.2) is 22.4 Å². The average Bonchev–Trinajstić information content (AvgIpc) is 3.51. The molecule has 0 radical (unpaired) electrons. The van der Waals surface area contributed by atoms with E-state index in [9.17, 15) is 0 Å². The van der Waals surface area contributed by atoms with Gasteiger partial charge in [0.25, 0.3) is 0 Å². The van der Waals surface area contributed by atoms with Gasteiger partial charge in [0.15, 0.2) is 0 Å². The number of para-hydroxylation sites is 2. The molecule has 35 heavy (non-hydrogen) atoms. The van der Waals surface area contributed by atoms with Gasteiger partial charge in [-0.15, -0.1) is 22.7 Å². The highest BCUT2D eigenvalue weighted by Crippen LogP contribution is 2.23. The van der Waals surface area contributed by atoms with Crippen LogP contribution in [0, 0.1) is 0 Å². The highest BCUT2D eigenvalue weighted by Gasteiger charge is 2.02. The summed E-state index contributed by atoms with van der Waals surface area (Å²) >= 11 is 3.30. The van der Waals surface area contributed by atoms with E-state index in [4.69, 9.17) is 0 Å². The van der Waals surface area contributed by atoms with Crippen molar-refractivity contribution in [2.75, 3.05) is 0 Å². The first-order valence-corrected chi connectivity index (χ1v) is 12.9. The van der Waals surface area contributed by atoms with E-state index in [1.807, 2.05) is 48.8 Å². The third-order valence-corrected chi connectivity index (χ3v) is 7.49. The summed E-state index contributed by atoms with van der Waals surface area (Å²) < 4.78 is 2.36.